The highest BCUT2D eigenvalue weighted by molar-refractivity contribution is 5.96. The van der Waals surface area contributed by atoms with Crippen molar-refractivity contribution in [3.05, 3.63) is 60.2 Å². The number of amides is 3. The first kappa shape index (κ1) is 19.0. The van der Waals surface area contributed by atoms with Crippen molar-refractivity contribution in [1.29, 1.82) is 0 Å². The molecule has 0 aliphatic rings. The predicted molar refractivity (Wildman–Crippen MR) is 97.5 cm³/mol. The van der Waals surface area contributed by atoms with Gasteiger partial charge in [-0.15, -0.1) is 0 Å². The van der Waals surface area contributed by atoms with Crippen LogP contribution in [0.5, 0.6) is 5.75 Å². The fourth-order valence-electron chi connectivity index (χ4n) is 2.10. The van der Waals surface area contributed by atoms with Crippen LogP contribution in [0.3, 0.4) is 0 Å². The van der Waals surface area contributed by atoms with Crippen LogP contribution in [0.1, 0.15) is 30.1 Å². The second kappa shape index (κ2) is 9.83. The van der Waals surface area contributed by atoms with Crippen LogP contribution in [-0.2, 0) is 9.59 Å². The Kier molecular flexibility index (Phi) is 7.17. The van der Waals surface area contributed by atoms with Gasteiger partial charge in [0.05, 0.1) is 6.61 Å². The SMILES string of the molecule is CCOc1ccc(NC(=O)CCC(=O)NNC(=O)c2ccccc2)cc1. The van der Waals surface area contributed by atoms with E-state index in [4.69, 9.17) is 4.74 Å². The molecule has 7 nitrogen and oxygen atoms in total. The molecule has 0 spiro atoms. The lowest BCUT2D eigenvalue weighted by molar-refractivity contribution is -0.124. The molecule has 0 heterocycles. The summed E-state index contributed by atoms with van der Waals surface area (Å²) >= 11 is 0. The Morgan fingerprint density at radius 1 is 0.846 bits per heavy atom. The van der Waals surface area contributed by atoms with Crippen LogP contribution in [0.25, 0.3) is 0 Å². The molecule has 0 radical (unpaired) electrons. The summed E-state index contributed by atoms with van der Waals surface area (Å²) in [6.07, 6.45) is -0.0435. The van der Waals surface area contributed by atoms with E-state index >= 15 is 0 Å². The van der Waals surface area contributed by atoms with Crippen molar-refractivity contribution < 1.29 is 19.1 Å². The van der Waals surface area contributed by atoms with E-state index in [1.165, 1.54) is 0 Å². The largest absolute Gasteiger partial charge is 0.494 e. The standard InChI is InChI=1S/C19H21N3O4/c1-2-26-16-10-8-15(9-11-16)20-17(23)12-13-18(24)21-22-19(25)14-6-4-3-5-7-14/h3-11H,2,12-13H2,1H3,(H,20,23)(H,21,24)(H,22,25). The van der Waals surface area contributed by atoms with Crippen LogP contribution in [0.2, 0.25) is 0 Å². The average Bonchev–Trinajstić information content (AvgIpc) is 2.67. The Morgan fingerprint density at radius 2 is 1.50 bits per heavy atom. The summed E-state index contributed by atoms with van der Waals surface area (Å²) in [6, 6.07) is 15.5. The Balaban J connectivity index is 1.69. The third-order valence-electron chi connectivity index (χ3n) is 3.38. The molecule has 0 saturated heterocycles. The van der Waals surface area contributed by atoms with Crippen molar-refractivity contribution in [3.63, 3.8) is 0 Å². The molecule has 2 aromatic rings. The average molecular weight is 355 g/mol. The van der Waals surface area contributed by atoms with Gasteiger partial charge in [-0.25, -0.2) is 0 Å². The van der Waals surface area contributed by atoms with Crippen molar-refractivity contribution in [1.82, 2.24) is 10.9 Å². The molecule has 0 aliphatic heterocycles. The highest BCUT2D eigenvalue weighted by Crippen LogP contribution is 2.15. The van der Waals surface area contributed by atoms with Gasteiger partial charge in [0.2, 0.25) is 11.8 Å². The summed E-state index contributed by atoms with van der Waals surface area (Å²) in [6.45, 7) is 2.46. The molecule has 2 aromatic carbocycles. The normalized spacial score (nSPS) is 9.88. The number of hydrazine groups is 1. The van der Waals surface area contributed by atoms with E-state index in [1.807, 2.05) is 6.92 Å². The maximum absolute atomic E-state index is 11.9. The highest BCUT2D eigenvalue weighted by atomic mass is 16.5. The van der Waals surface area contributed by atoms with Crippen LogP contribution in [0, 0.1) is 0 Å². The second-order valence-electron chi connectivity index (χ2n) is 5.37. The van der Waals surface area contributed by atoms with Gasteiger partial charge in [0, 0.05) is 24.1 Å². The summed E-state index contributed by atoms with van der Waals surface area (Å²) in [5.74, 6) is -0.438. The monoisotopic (exact) mass is 355 g/mol. The van der Waals surface area contributed by atoms with Gasteiger partial charge in [-0.2, -0.15) is 0 Å². The summed E-state index contributed by atoms with van der Waals surface area (Å²) < 4.78 is 5.32. The van der Waals surface area contributed by atoms with Gasteiger partial charge in [0.25, 0.3) is 5.91 Å². The Hall–Kier alpha value is -3.35. The first-order chi connectivity index (χ1) is 12.6. The van der Waals surface area contributed by atoms with Crippen LogP contribution in [0.15, 0.2) is 54.6 Å². The van der Waals surface area contributed by atoms with Crippen molar-refractivity contribution >= 4 is 23.4 Å². The van der Waals surface area contributed by atoms with E-state index in [0.29, 0.717) is 17.9 Å². The Bertz CT molecular complexity index is 745. The summed E-state index contributed by atoms with van der Waals surface area (Å²) in [4.78, 5) is 35.4. The molecular weight excluding hydrogens is 334 g/mol. The van der Waals surface area contributed by atoms with Crippen molar-refractivity contribution in [2.24, 2.45) is 0 Å². The van der Waals surface area contributed by atoms with E-state index in [0.717, 1.165) is 5.75 Å². The summed E-state index contributed by atoms with van der Waals surface area (Å²) in [5, 5.41) is 2.70. The van der Waals surface area contributed by atoms with Gasteiger partial charge >= 0.3 is 0 Å². The van der Waals surface area contributed by atoms with Gasteiger partial charge in [0.1, 0.15) is 5.75 Å². The van der Waals surface area contributed by atoms with E-state index in [9.17, 15) is 14.4 Å². The number of nitrogens with one attached hydrogen (secondary N) is 3. The molecule has 0 atom stereocenters. The van der Waals surface area contributed by atoms with Crippen molar-refractivity contribution in [2.75, 3.05) is 11.9 Å². The number of hydrogen-bond donors (Lipinski definition) is 3. The van der Waals surface area contributed by atoms with Gasteiger partial charge < -0.3 is 10.1 Å². The number of ether oxygens (including phenoxy) is 1. The zero-order chi connectivity index (χ0) is 18.8. The van der Waals surface area contributed by atoms with E-state index < -0.39 is 11.8 Å². The Morgan fingerprint density at radius 3 is 2.15 bits per heavy atom. The van der Waals surface area contributed by atoms with Crippen LogP contribution in [0.4, 0.5) is 5.69 Å². The van der Waals surface area contributed by atoms with E-state index in [-0.39, 0.29) is 18.7 Å². The molecule has 136 valence electrons. The lowest BCUT2D eigenvalue weighted by Gasteiger charge is -2.08. The molecule has 0 aliphatic carbocycles. The van der Waals surface area contributed by atoms with Crippen LogP contribution < -0.4 is 20.9 Å². The minimum atomic E-state index is -0.448. The lowest BCUT2D eigenvalue weighted by atomic mass is 10.2. The van der Waals surface area contributed by atoms with E-state index in [2.05, 4.69) is 16.2 Å². The van der Waals surface area contributed by atoms with Gasteiger partial charge in [-0.3, -0.25) is 25.2 Å². The molecule has 26 heavy (non-hydrogen) atoms. The third-order valence-corrected chi connectivity index (χ3v) is 3.38. The first-order valence-electron chi connectivity index (χ1n) is 8.25. The fraction of sp³-hybridized carbons (Fsp3) is 0.211. The van der Waals surface area contributed by atoms with Gasteiger partial charge in [-0.1, -0.05) is 18.2 Å². The zero-order valence-electron chi connectivity index (χ0n) is 14.5. The van der Waals surface area contributed by atoms with Gasteiger partial charge in [-0.05, 0) is 43.3 Å². The third kappa shape index (κ3) is 6.27. The quantitative estimate of drug-likeness (QED) is 0.664. The van der Waals surface area contributed by atoms with E-state index in [1.54, 1.807) is 54.6 Å². The number of carbonyl (C=O) groups excluding carboxylic acids is 3. The maximum Gasteiger partial charge on any atom is 0.269 e. The molecule has 0 bridgehead atoms. The maximum atomic E-state index is 11.9. The molecule has 0 fully saturated rings. The van der Waals surface area contributed by atoms with Crippen molar-refractivity contribution in [2.45, 2.75) is 19.8 Å². The smallest absolute Gasteiger partial charge is 0.269 e. The molecule has 0 aromatic heterocycles. The fourth-order valence-corrected chi connectivity index (χ4v) is 2.10. The number of hydrogen-bond acceptors (Lipinski definition) is 4. The second-order valence-corrected chi connectivity index (χ2v) is 5.37. The topological polar surface area (TPSA) is 96.5 Å². The molecule has 0 saturated carbocycles. The summed E-state index contributed by atoms with van der Waals surface area (Å²) in [5.41, 5.74) is 5.65. The molecule has 3 N–H and O–H groups in total. The summed E-state index contributed by atoms with van der Waals surface area (Å²) in [7, 11) is 0. The number of rotatable bonds is 7. The zero-order valence-corrected chi connectivity index (χ0v) is 14.5. The predicted octanol–water partition coefficient (Wildman–Crippen LogP) is 2.27. The molecule has 3 amide bonds. The first-order valence-corrected chi connectivity index (χ1v) is 8.25. The molecule has 7 heteroatoms. The van der Waals surface area contributed by atoms with Crippen molar-refractivity contribution in [3.8, 4) is 5.75 Å². The Labute approximate surface area is 151 Å². The van der Waals surface area contributed by atoms with Gasteiger partial charge in [0.15, 0.2) is 0 Å². The lowest BCUT2D eigenvalue weighted by Crippen LogP contribution is -2.41. The number of anilines is 1. The minimum absolute atomic E-state index is 0.000250. The van der Waals surface area contributed by atoms with Crippen LogP contribution in [-0.4, -0.2) is 24.3 Å². The minimum Gasteiger partial charge on any atom is -0.494 e. The molecule has 0 unspecified atom stereocenters. The number of benzene rings is 2. The number of carbonyl (C=O) groups is 3. The highest BCUT2D eigenvalue weighted by Gasteiger charge is 2.09. The molecular formula is C19H21N3O4. The molecule has 2 rings (SSSR count). The van der Waals surface area contributed by atoms with Crippen LogP contribution >= 0.6 is 0 Å².